The van der Waals surface area contributed by atoms with Gasteiger partial charge in [0.15, 0.2) is 5.12 Å². The molecule has 1 unspecified atom stereocenters. The molecule has 0 saturated carbocycles. The van der Waals surface area contributed by atoms with Crippen molar-refractivity contribution in [2.75, 3.05) is 12.3 Å². The minimum absolute atomic E-state index is 0.0882. The largest absolute Gasteiger partial charge is 0.478 e. The summed E-state index contributed by atoms with van der Waals surface area (Å²) in [5.41, 5.74) is 0. The minimum Gasteiger partial charge on any atom is -0.478 e. The van der Waals surface area contributed by atoms with Crippen molar-refractivity contribution in [3.63, 3.8) is 0 Å². The molecule has 0 aliphatic rings. The van der Waals surface area contributed by atoms with Crippen molar-refractivity contribution in [1.29, 1.82) is 0 Å². The van der Waals surface area contributed by atoms with Crippen LogP contribution in [0, 0.1) is 5.92 Å². The second-order valence-corrected chi connectivity index (χ2v) is 4.86. The van der Waals surface area contributed by atoms with E-state index in [1.54, 1.807) is 0 Å². The van der Waals surface area contributed by atoms with Gasteiger partial charge in [-0.1, -0.05) is 18.7 Å². The maximum absolute atomic E-state index is 11.1. The molecule has 0 aromatic heterocycles. The molecule has 0 bridgehead atoms. The minimum atomic E-state index is -1.15. The Labute approximate surface area is 105 Å². The van der Waals surface area contributed by atoms with Crippen LogP contribution in [0.25, 0.3) is 0 Å². The number of hydrogen-bond acceptors (Lipinski definition) is 4. The molecule has 0 spiro atoms. The van der Waals surface area contributed by atoms with Crippen molar-refractivity contribution in [2.45, 2.75) is 20.3 Å². The van der Waals surface area contributed by atoms with Gasteiger partial charge >= 0.3 is 5.97 Å². The van der Waals surface area contributed by atoms with Gasteiger partial charge in [0, 0.05) is 31.4 Å². The predicted molar refractivity (Wildman–Crippen MR) is 66.7 cm³/mol. The van der Waals surface area contributed by atoms with Gasteiger partial charge in [-0.05, 0) is 12.3 Å². The van der Waals surface area contributed by atoms with Gasteiger partial charge in [-0.15, -0.1) is 0 Å². The fourth-order valence-electron chi connectivity index (χ4n) is 0.991. The third-order valence-electron chi connectivity index (χ3n) is 1.88. The smallest absolute Gasteiger partial charge is 0.328 e. The molecule has 0 aromatic rings. The van der Waals surface area contributed by atoms with Gasteiger partial charge in [-0.25, -0.2) is 4.79 Å². The number of carboxylic acid groups (broad SMARTS) is 1. The van der Waals surface area contributed by atoms with Crippen LogP contribution in [-0.2, 0) is 14.4 Å². The van der Waals surface area contributed by atoms with Crippen molar-refractivity contribution in [2.24, 2.45) is 5.92 Å². The summed E-state index contributed by atoms with van der Waals surface area (Å²) in [7, 11) is 0. The van der Waals surface area contributed by atoms with E-state index in [1.165, 1.54) is 18.7 Å². The highest BCUT2D eigenvalue weighted by molar-refractivity contribution is 8.13. The molecule has 1 atom stereocenters. The van der Waals surface area contributed by atoms with Crippen molar-refractivity contribution in [1.82, 2.24) is 5.32 Å². The molecule has 0 aromatic carbocycles. The van der Waals surface area contributed by atoms with E-state index in [9.17, 15) is 14.4 Å². The maximum atomic E-state index is 11.1. The molecule has 17 heavy (non-hydrogen) atoms. The first-order chi connectivity index (χ1) is 7.91. The first-order valence-electron chi connectivity index (χ1n) is 5.24. The van der Waals surface area contributed by atoms with Crippen LogP contribution in [0.2, 0.25) is 0 Å². The van der Waals surface area contributed by atoms with Gasteiger partial charge in [0.1, 0.15) is 0 Å². The predicted octanol–water partition coefficient (Wildman–Crippen LogP) is 1.05. The fourth-order valence-corrected chi connectivity index (χ4v) is 1.68. The zero-order chi connectivity index (χ0) is 13.3. The van der Waals surface area contributed by atoms with E-state index in [1.807, 2.05) is 6.92 Å². The van der Waals surface area contributed by atoms with E-state index in [-0.39, 0.29) is 5.12 Å². The van der Waals surface area contributed by atoms with Gasteiger partial charge in [0.05, 0.1) is 0 Å². The van der Waals surface area contributed by atoms with Crippen LogP contribution in [0.3, 0.4) is 0 Å². The summed E-state index contributed by atoms with van der Waals surface area (Å²) in [5, 5.41) is 11.0. The number of nitrogens with one attached hydrogen (secondary N) is 1. The van der Waals surface area contributed by atoms with Crippen LogP contribution < -0.4 is 5.32 Å². The SMILES string of the molecule is CC(=O)SCC(C)CCNC(=O)/C=C\C(=O)O. The number of aliphatic carboxylic acids is 1. The van der Waals surface area contributed by atoms with Crippen LogP contribution >= 0.6 is 11.8 Å². The van der Waals surface area contributed by atoms with Gasteiger partial charge in [-0.3, -0.25) is 9.59 Å². The van der Waals surface area contributed by atoms with Gasteiger partial charge in [0.2, 0.25) is 5.91 Å². The molecule has 2 N–H and O–H groups in total. The zero-order valence-corrected chi connectivity index (χ0v) is 10.8. The summed E-state index contributed by atoms with van der Waals surface area (Å²) >= 11 is 1.27. The second-order valence-electron chi connectivity index (χ2n) is 3.66. The highest BCUT2D eigenvalue weighted by atomic mass is 32.2. The average Bonchev–Trinajstić information content (AvgIpc) is 2.23. The number of carbonyl (C=O) groups excluding carboxylic acids is 2. The number of amides is 1. The quantitative estimate of drug-likeness (QED) is 0.668. The normalized spacial score (nSPS) is 12.4. The van der Waals surface area contributed by atoms with Crippen molar-refractivity contribution in [3.8, 4) is 0 Å². The van der Waals surface area contributed by atoms with E-state index in [0.29, 0.717) is 12.5 Å². The number of rotatable bonds is 7. The van der Waals surface area contributed by atoms with Gasteiger partial charge in [-0.2, -0.15) is 0 Å². The van der Waals surface area contributed by atoms with E-state index in [0.717, 1.165) is 24.3 Å². The molecule has 1 amide bonds. The maximum Gasteiger partial charge on any atom is 0.328 e. The van der Waals surface area contributed by atoms with Crippen LogP contribution in [0.4, 0.5) is 0 Å². The first-order valence-corrected chi connectivity index (χ1v) is 6.22. The molecule has 5 nitrogen and oxygen atoms in total. The lowest BCUT2D eigenvalue weighted by molar-refractivity contribution is -0.131. The Balaban J connectivity index is 3.65. The molecule has 6 heteroatoms. The standard InChI is InChI=1S/C11H17NO4S/c1-8(7-17-9(2)13)5-6-12-10(14)3-4-11(15)16/h3-4,8H,5-7H2,1-2H3,(H,12,14)(H,15,16)/b4-3-. The third-order valence-corrected chi connectivity index (χ3v) is 3.03. The molecular formula is C11H17NO4S. The molecule has 0 saturated heterocycles. The summed E-state index contributed by atoms with van der Waals surface area (Å²) < 4.78 is 0. The lowest BCUT2D eigenvalue weighted by atomic mass is 10.1. The van der Waals surface area contributed by atoms with Crippen molar-refractivity contribution < 1.29 is 19.5 Å². The molecule has 0 aliphatic heterocycles. The van der Waals surface area contributed by atoms with Crippen molar-refractivity contribution >= 4 is 28.8 Å². The third kappa shape index (κ3) is 11.0. The van der Waals surface area contributed by atoms with Crippen LogP contribution in [0.1, 0.15) is 20.3 Å². The van der Waals surface area contributed by atoms with E-state index >= 15 is 0 Å². The van der Waals surface area contributed by atoms with Crippen LogP contribution in [0.15, 0.2) is 12.2 Å². The number of thioether (sulfide) groups is 1. The first kappa shape index (κ1) is 15.7. The second kappa shape index (κ2) is 8.81. The lowest BCUT2D eigenvalue weighted by Gasteiger charge is -2.09. The van der Waals surface area contributed by atoms with Crippen LogP contribution in [-0.4, -0.2) is 34.4 Å². The number of carbonyl (C=O) groups is 3. The summed E-state index contributed by atoms with van der Waals surface area (Å²) in [4.78, 5) is 31.9. The molecule has 0 fully saturated rings. The molecule has 0 heterocycles. The number of carboxylic acids is 1. The Morgan fingerprint density at radius 3 is 2.53 bits per heavy atom. The highest BCUT2D eigenvalue weighted by Gasteiger charge is 2.05. The van der Waals surface area contributed by atoms with E-state index in [4.69, 9.17) is 5.11 Å². The molecule has 96 valence electrons. The Morgan fingerprint density at radius 1 is 1.35 bits per heavy atom. The van der Waals surface area contributed by atoms with Gasteiger partial charge < -0.3 is 10.4 Å². The fraction of sp³-hybridized carbons (Fsp3) is 0.545. The van der Waals surface area contributed by atoms with E-state index in [2.05, 4.69) is 5.32 Å². The van der Waals surface area contributed by atoms with Gasteiger partial charge in [0.25, 0.3) is 0 Å². The topological polar surface area (TPSA) is 83.5 Å². The van der Waals surface area contributed by atoms with Crippen molar-refractivity contribution in [3.05, 3.63) is 12.2 Å². The zero-order valence-electron chi connectivity index (χ0n) is 9.93. The Hall–Kier alpha value is -1.30. The molecule has 0 rings (SSSR count). The molecule has 0 radical (unpaired) electrons. The van der Waals surface area contributed by atoms with Crippen LogP contribution in [0.5, 0.6) is 0 Å². The highest BCUT2D eigenvalue weighted by Crippen LogP contribution is 2.11. The molecule has 0 aliphatic carbocycles. The Bertz CT molecular complexity index is 315. The summed E-state index contributed by atoms with van der Waals surface area (Å²) in [6.07, 6.45) is 2.54. The Morgan fingerprint density at radius 2 is 2.00 bits per heavy atom. The monoisotopic (exact) mass is 259 g/mol. The lowest BCUT2D eigenvalue weighted by Crippen LogP contribution is -2.24. The number of hydrogen-bond donors (Lipinski definition) is 2. The van der Waals surface area contributed by atoms with E-state index < -0.39 is 11.9 Å². The summed E-state index contributed by atoms with van der Waals surface area (Å²) in [5.74, 6) is -0.506. The molecular weight excluding hydrogens is 242 g/mol. The summed E-state index contributed by atoms with van der Waals surface area (Å²) in [6.45, 7) is 3.99. The summed E-state index contributed by atoms with van der Waals surface area (Å²) in [6, 6.07) is 0. The Kier molecular flexibility index (Phi) is 8.13. The average molecular weight is 259 g/mol.